The van der Waals surface area contributed by atoms with E-state index < -0.39 is 5.97 Å². The number of nitrogen functional groups attached to an aromatic ring is 1. The third-order valence-electron chi connectivity index (χ3n) is 1.96. The number of rotatable bonds is 4. The van der Waals surface area contributed by atoms with Gasteiger partial charge < -0.3 is 20.1 Å². The number of carbonyl (C=O) groups is 1. The summed E-state index contributed by atoms with van der Waals surface area (Å²) in [5.41, 5.74) is 6.55. The SMILES string of the molecule is CC(C)n1cc(N)cc1C(=O)OCCO. The fourth-order valence-corrected chi connectivity index (χ4v) is 1.30. The second-order valence-electron chi connectivity index (χ2n) is 3.52. The Morgan fingerprint density at radius 2 is 2.33 bits per heavy atom. The molecule has 0 spiro atoms. The molecule has 1 heterocycles. The number of aliphatic hydroxyl groups excluding tert-OH is 1. The molecular formula is C10H16N2O3. The molecule has 0 unspecified atom stereocenters. The van der Waals surface area contributed by atoms with E-state index >= 15 is 0 Å². The van der Waals surface area contributed by atoms with Crippen LogP contribution in [-0.4, -0.2) is 28.9 Å². The largest absolute Gasteiger partial charge is 0.459 e. The van der Waals surface area contributed by atoms with E-state index in [-0.39, 0.29) is 19.3 Å². The lowest BCUT2D eigenvalue weighted by atomic mass is 10.3. The predicted molar refractivity (Wildman–Crippen MR) is 56.6 cm³/mol. The number of esters is 1. The highest BCUT2D eigenvalue weighted by atomic mass is 16.5. The van der Waals surface area contributed by atoms with E-state index in [1.54, 1.807) is 16.8 Å². The lowest BCUT2D eigenvalue weighted by Crippen LogP contribution is -2.14. The first-order valence-corrected chi connectivity index (χ1v) is 4.81. The maximum Gasteiger partial charge on any atom is 0.355 e. The number of anilines is 1. The number of aromatic nitrogens is 1. The summed E-state index contributed by atoms with van der Waals surface area (Å²) in [5, 5.41) is 8.54. The number of hydrogen-bond acceptors (Lipinski definition) is 4. The van der Waals surface area contributed by atoms with Gasteiger partial charge in [0.05, 0.1) is 12.3 Å². The monoisotopic (exact) mass is 212 g/mol. The normalized spacial score (nSPS) is 10.7. The molecule has 0 aliphatic heterocycles. The lowest BCUT2D eigenvalue weighted by Gasteiger charge is -2.11. The van der Waals surface area contributed by atoms with Gasteiger partial charge in [0.15, 0.2) is 0 Å². The van der Waals surface area contributed by atoms with Crippen molar-refractivity contribution >= 4 is 11.7 Å². The van der Waals surface area contributed by atoms with Gasteiger partial charge in [0.1, 0.15) is 12.3 Å². The van der Waals surface area contributed by atoms with Crippen LogP contribution < -0.4 is 5.73 Å². The minimum absolute atomic E-state index is 0.00200. The Bertz CT molecular complexity index is 344. The van der Waals surface area contributed by atoms with Crippen molar-refractivity contribution in [3.63, 3.8) is 0 Å². The van der Waals surface area contributed by atoms with E-state index in [2.05, 4.69) is 0 Å². The molecule has 0 aliphatic carbocycles. The molecule has 15 heavy (non-hydrogen) atoms. The summed E-state index contributed by atoms with van der Waals surface area (Å²) in [7, 11) is 0. The molecule has 3 N–H and O–H groups in total. The summed E-state index contributed by atoms with van der Waals surface area (Å²) in [6.07, 6.45) is 1.69. The first-order chi connectivity index (χ1) is 7.06. The molecule has 0 aliphatic rings. The second-order valence-corrected chi connectivity index (χ2v) is 3.52. The van der Waals surface area contributed by atoms with Crippen molar-refractivity contribution in [1.29, 1.82) is 0 Å². The molecule has 0 bridgehead atoms. The highest BCUT2D eigenvalue weighted by Crippen LogP contribution is 2.17. The maximum atomic E-state index is 11.5. The van der Waals surface area contributed by atoms with Gasteiger partial charge in [-0.05, 0) is 19.9 Å². The molecule has 0 radical (unpaired) electrons. The summed E-state index contributed by atoms with van der Waals surface area (Å²) in [6, 6.07) is 1.71. The third kappa shape index (κ3) is 2.73. The molecule has 1 rings (SSSR count). The maximum absolute atomic E-state index is 11.5. The molecule has 0 atom stereocenters. The van der Waals surface area contributed by atoms with Gasteiger partial charge in [0.25, 0.3) is 0 Å². The van der Waals surface area contributed by atoms with Crippen LogP contribution in [0, 0.1) is 0 Å². The van der Waals surface area contributed by atoms with Gasteiger partial charge in [-0.15, -0.1) is 0 Å². The van der Waals surface area contributed by atoms with Crippen LogP contribution in [0.1, 0.15) is 30.4 Å². The zero-order valence-corrected chi connectivity index (χ0v) is 8.93. The number of hydrogen-bond donors (Lipinski definition) is 2. The highest BCUT2D eigenvalue weighted by Gasteiger charge is 2.15. The van der Waals surface area contributed by atoms with Crippen molar-refractivity contribution in [2.24, 2.45) is 0 Å². The van der Waals surface area contributed by atoms with Crippen molar-refractivity contribution in [3.05, 3.63) is 18.0 Å². The molecule has 0 aromatic carbocycles. The average Bonchev–Trinajstić information content (AvgIpc) is 2.57. The standard InChI is InChI=1S/C10H16N2O3/c1-7(2)12-6-8(11)5-9(12)10(14)15-4-3-13/h5-7,13H,3-4,11H2,1-2H3. The van der Waals surface area contributed by atoms with Gasteiger partial charge in [0, 0.05) is 12.2 Å². The summed E-state index contributed by atoms with van der Waals surface area (Å²) >= 11 is 0. The van der Waals surface area contributed by atoms with Crippen molar-refractivity contribution in [1.82, 2.24) is 4.57 Å². The van der Waals surface area contributed by atoms with Gasteiger partial charge in [-0.2, -0.15) is 0 Å². The molecular weight excluding hydrogens is 196 g/mol. The molecule has 5 heteroatoms. The fraction of sp³-hybridized carbons (Fsp3) is 0.500. The molecule has 84 valence electrons. The molecule has 0 saturated carbocycles. The van der Waals surface area contributed by atoms with Crippen molar-refractivity contribution < 1.29 is 14.6 Å². The third-order valence-corrected chi connectivity index (χ3v) is 1.96. The van der Waals surface area contributed by atoms with Gasteiger partial charge in [-0.3, -0.25) is 0 Å². The minimum atomic E-state index is -0.463. The lowest BCUT2D eigenvalue weighted by molar-refractivity contribution is 0.0420. The van der Waals surface area contributed by atoms with Gasteiger partial charge in [0.2, 0.25) is 0 Å². The van der Waals surface area contributed by atoms with Crippen LogP contribution in [0.5, 0.6) is 0 Å². The molecule has 1 aromatic heterocycles. The smallest absolute Gasteiger partial charge is 0.355 e. The average molecular weight is 212 g/mol. The van der Waals surface area contributed by atoms with Crippen LogP contribution in [0.4, 0.5) is 5.69 Å². The van der Waals surface area contributed by atoms with Gasteiger partial charge in [-0.1, -0.05) is 0 Å². The van der Waals surface area contributed by atoms with E-state index in [9.17, 15) is 4.79 Å². The summed E-state index contributed by atoms with van der Waals surface area (Å²) in [5.74, 6) is -0.463. The number of nitrogens with two attached hydrogens (primary N) is 1. The fourth-order valence-electron chi connectivity index (χ4n) is 1.30. The zero-order chi connectivity index (χ0) is 11.4. The van der Waals surface area contributed by atoms with Crippen LogP contribution >= 0.6 is 0 Å². The molecule has 0 saturated heterocycles. The quantitative estimate of drug-likeness (QED) is 0.724. The number of ether oxygens (including phenoxy) is 1. The molecule has 0 amide bonds. The van der Waals surface area contributed by atoms with E-state index in [1.807, 2.05) is 13.8 Å². The Morgan fingerprint density at radius 1 is 1.67 bits per heavy atom. The zero-order valence-electron chi connectivity index (χ0n) is 8.93. The summed E-state index contributed by atoms with van der Waals surface area (Å²) < 4.78 is 6.56. The van der Waals surface area contributed by atoms with E-state index in [1.165, 1.54) is 0 Å². The van der Waals surface area contributed by atoms with E-state index in [4.69, 9.17) is 15.6 Å². The first-order valence-electron chi connectivity index (χ1n) is 4.81. The Kier molecular flexibility index (Phi) is 3.74. The second kappa shape index (κ2) is 4.84. The number of carbonyl (C=O) groups excluding carboxylic acids is 1. The van der Waals surface area contributed by atoms with Crippen molar-refractivity contribution in [3.8, 4) is 0 Å². The van der Waals surface area contributed by atoms with Crippen LogP contribution in [0.25, 0.3) is 0 Å². The molecule has 5 nitrogen and oxygen atoms in total. The summed E-state index contributed by atoms with van der Waals surface area (Å²) in [4.78, 5) is 11.5. The first kappa shape index (κ1) is 11.6. The Balaban J connectivity index is 2.87. The number of nitrogens with zero attached hydrogens (tertiary/aromatic N) is 1. The van der Waals surface area contributed by atoms with Gasteiger partial charge >= 0.3 is 5.97 Å². The molecule has 1 aromatic rings. The van der Waals surface area contributed by atoms with Gasteiger partial charge in [-0.25, -0.2) is 4.79 Å². The van der Waals surface area contributed by atoms with E-state index in [0.29, 0.717) is 11.4 Å². The van der Waals surface area contributed by atoms with Crippen LogP contribution in [-0.2, 0) is 4.74 Å². The Labute approximate surface area is 88.4 Å². The van der Waals surface area contributed by atoms with E-state index in [0.717, 1.165) is 0 Å². The Hall–Kier alpha value is -1.49. The van der Waals surface area contributed by atoms with Crippen LogP contribution in [0.2, 0.25) is 0 Å². The highest BCUT2D eigenvalue weighted by molar-refractivity contribution is 5.89. The van der Waals surface area contributed by atoms with Crippen molar-refractivity contribution in [2.75, 3.05) is 18.9 Å². The van der Waals surface area contributed by atoms with Crippen molar-refractivity contribution in [2.45, 2.75) is 19.9 Å². The predicted octanol–water partition coefficient (Wildman–Crippen LogP) is 0.800. The van der Waals surface area contributed by atoms with Crippen LogP contribution in [0.15, 0.2) is 12.3 Å². The van der Waals surface area contributed by atoms with Crippen LogP contribution in [0.3, 0.4) is 0 Å². The molecule has 0 fully saturated rings. The summed E-state index contributed by atoms with van der Waals surface area (Å²) in [6.45, 7) is 3.72. The Morgan fingerprint density at radius 3 is 2.87 bits per heavy atom. The minimum Gasteiger partial charge on any atom is -0.459 e. The number of aliphatic hydroxyl groups is 1. The topological polar surface area (TPSA) is 77.5 Å².